The molecule has 20 heavy (non-hydrogen) atoms. The summed E-state index contributed by atoms with van der Waals surface area (Å²) in [6, 6.07) is 0. The maximum absolute atomic E-state index is 11.3. The van der Waals surface area contributed by atoms with Gasteiger partial charge in [0.15, 0.2) is 5.96 Å². The van der Waals surface area contributed by atoms with Gasteiger partial charge in [-0.15, -0.1) is 6.58 Å². The molecule has 0 unspecified atom stereocenters. The van der Waals surface area contributed by atoms with E-state index in [0.717, 1.165) is 45.8 Å². The first kappa shape index (κ1) is 16.5. The fourth-order valence-corrected chi connectivity index (χ4v) is 1.80. The van der Waals surface area contributed by atoms with Crippen LogP contribution >= 0.6 is 0 Å². The van der Waals surface area contributed by atoms with Gasteiger partial charge >= 0.3 is 0 Å². The van der Waals surface area contributed by atoms with E-state index in [1.54, 1.807) is 6.08 Å². The lowest BCUT2D eigenvalue weighted by Gasteiger charge is -2.26. The average molecular weight is 283 g/mol. The lowest BCUT2D eigenvalue weighted by molar-refractivity contribution is -0.119. The predicted molar refractivity (Wildman–Crippen MR) is 79.6 cm³/mol. The van der Waals surface area contributed by atoms with E-state index in [2.05, 4.69) is 27.1 Å². The van der Waals surface area contributed by atoms with Gasteiger partial charge in [-0.25, -0.2) is 4.99 Å². The van der Waals surface area contributed by atoms with Crippen LogP contribution < -0.4 is 16.4 Å². The number of rotatable bonds is 8. The Kier molecular flexibility index (Phi) is 8.41. The minimum absolute atomic E-state index is 0.0378. The Balaban J connectivity index is 2.04. The van der Waals surface area contributed by atoms with Crippen molar-refractivity contribution < 1.29 is 9.53 Å². The fourth-order valence-electron chi connectivity index (χ4n) is 1.80. The number of carbonyl (C=O) groups excluding carboxylic acids is 1. The fraction of sp³-hybridized carbons (Fsp3) is 0.692. The van der Waals surface area contributed by atoms with E-state index >= 15 is 0 Å². The maximum atomic E-state index is 11.3. The first-order valence-electron chi connectivity index (χ1n) is 6.94. The van der Waals surface area contributed by atoms with Crippen LogP contribution in [0.3, 0.4) is 0 Å². The number of nitrogens with two attached hydrogens (primary N) is 1. The predicted octanol–water partition coefficient (Wildman–Crippen LogP) is -1.08. The molecule has 0 aromatic heterocycles. The summed E-state index contributed by atoms with van der Waals surface area (Å²) in [5.41, 5.74) is 5.68. The third-order valence-electron chi connectivity index (χ3n) is 2.90. The summed E-state index contributed by atoms with van der Waals surface area (Å²) in [6.07, 6.45) is 2.60. The van der Waals surface area contributed by atoms with Crippen LogP contribution in [0.5, 0.6) is 0 Å². The zero-order valence-electron chi connectivity index (χ0n) is 11.9. The number of guanidine groups is 1. The van der Waals surface area contributed by atoms with Crippen LogP contribution in [0, 0.1) is 0 Å². The second-order valence-corrected chi connectivity index (χ2v) is 4.53. The first-order chi connectivity index (χ1) is 9.72. The first-order valence-corrected chi connectivity index (χ1v) is 6.94. The van der Waals surface area contributed by atoms with Gasteiger partial charge in [0, 0.05) is 26.2 Å². The van der Waals surface area contributed by atoms with E-state index in [9.17, 15) is 4.79 Å². The van der Waals surface area contributed by atoms with Crippen LogP contribution in [0.1, 0.15) is 6.42 Å². The zero-order chi connectivity index (χ0) is 14.6. The SMILES string of the molecule is C=CCNC(=O)CN=C(N)NCCCN1CCOCC1. The Morgan fingerprint density at radius 3 is 2.85 bits per heavy atom. The Morgan fingerprint density at radius 1 is 1.40 bits per heavy atom. The monoisotopic (exact) mass is 283 g/mol. The molecule has 0 aromatic rings. The molecule has 0 bridgehead atoms. The lowest BCUT2D eigenvalue weighted by atomic mass is 10.3. The van der Waals surface area contributed by atoms with Crippen molar-refractivity contribution in [3.63, 3.8) is 0 Å². The quantitative estimate of drug-likeness (QED) is 0.228. The van der Waals surface area contributed by atoms with Crippen molar-refractivity contribution in [2.24, 2.45) is 10.7 Å². The minimum atomic E-state index is -0.164. The molecule has 0 saturated carbocycles. The number of ether oxygens (including phenoxy) is 1. The van der Waals surface area contributed by atoms with Crippen molar-refractivity contribution in [2.75, 3.05) is 52.5 Å². The van der Waals surface area contributed by atoms with Gasteiger partial charge < -0.3 is 21.1 Å². The van der Waals surface area contributed by atoms with Gasteiger partial charge in [-0.05, 0) is 13.0 Å². The summed E-state index contributed by atoms with van der Waals surface area (Å²) in [5, 5.41) is 5.64. The molecular weight excluding hydrogens is 258 g/mol. The molecule has 0 atom stereocenters. The average Bonchev–Trinajstić information content (AvgIpc) is 2.48. The maximum Gasteiger partial charge on any atom is 0.242 e. The van der Waals surface area contributed by atoms with E-state index in [4.69, 9.17) is 10.5 Å². The molecule has 0 aliphatic carbocycles. The molecule has 0 radical (unpaired) electrons. The smallest absolute Gasteiger partial charge is 0.242 e. The van der Waals surface area contributed by atoms with E-state index in [0.29, 0.717) is 12.5 Å². The van der Waals surface area contributed by atoms with Gasteiger partial charge in [0.1, 0.15) is 6.54 Å². The normalized spacial score (nSPS) is 16.7. The number of carbonyl (C=O) groups is 1. The number of nitrogens with one attached hydrogen (secondary N) is 2. The van der Waals surface area contributed by atoms with Crippen molar-refractivity contribution in [1.82, 2.24) is 15.5 Å². The molecule has 1 amide bonds. The Labute approximate surface area is 120 Å². The van der Waals surface area contributed by atoms with Gasteiger partial charge in [0.05, 0.1) is 13.2 Å². The molecule has 1 saturated heterocycles. The van der Waals surface area contributed by atoms with Crippen LogP contribution in [0.15, 0.2) is 17.6 Å². The van der Waals surface area contributed by atoms with Crippen molar-refractivity contribution in [1.29, 1.82) is 0 Å². The van der Waals surface area contributed by atoms with Crippen LogP contribution in [0.2, 0.25) is 0 Å². The van der Waals surface area contributed by atoms with E-state index < -0.39 is 0 Å². The Hall–Kier alpha value is -1.60. The van der Waals surface area contributed by atoms with Crippen LogP contribution in [0.25, 0.3) is 0 Å². The third-order valence-corrected chi connectivity index (χ3v) is 2.90. The summed E-state index contributed by atoms with van der Waals surface area (Å²) in [6.45, 7) is 9.39. The Morgan fingerprint density at radius 2 is 2.15 bits per heavy atom. The highest BCUT2D eigenvalue weighted by atomic mass is 16.5. The third kappa shape index (κ3) is 7.75. The molecule has 114 valence electrons. The second kappa shape index (κ2) is 10.2. The van der Waals surface area contributed by atoms with Gasteiger partial charge in [-0.1, -0.05) is 6.08 Å². The summed E-state index contributed by atoms with van der Waals surface area (Å²) in [5.74, 6) is 0.142. The van der Waals surface area contributed by atoms with Crippen molar-refractivity contribution in [2.45, 2.75) is 6.42 Å². The molecular formula is C13H25N5O2. The number of amides is 1. The summed E-state index contributed by atoms with van der Waals surface area (Å²) in [7, 11) is 0. The van der Waals surface area contributed by atoms with Crippen LogP contribution in [-0.2, 0) is 9.53 Å². The molecule has 1 aliphatic heterocycles. The number of hydrogen-bond donors (Lipinski definition) is 3. The summed E-state index contributed by atoms with van der Waals surface area (Å²) < 4.78 is 5.29. The molecule has 4 N–H and O–H groups in total. The van der Waals surface area contributed by atoms with Gasteiger partial charge in [-0.3, -0.25) is 9.69 Å². The highest BCUT2D eigenvalue weighted by Crippen LogP contribution is 1.97. The topological polar surface area (TPSA) is 92.0 Å². The standard InChI is InChI=1S/C13H25N5O2/c1-2-4-15-12(19)11-17-13(14)16-5-3-6-18-7-9-20-10-8-18/h2H,1,3-11H2,(H,15,19)(H3,14,16,17). The molecule has 0 spiro atoms. The minimum Gasteiger partial charge on any atom is -0.379 e. The highest BCUT2D eigenvalue weighted by Gasteiger charge is 2.08. The lowest BCUT2D eigenvalue weighted by Crippen LogP contribution is -2.39. The van der Waals surface area contributed by atoms with Crippen molar-refractivity contribution >= 4 is 11.9 Å². The van der Waals surface area contributed by atoms with Gasteiger partial charge in [0.2, 0.25) is 5.91 Å². The van der Waals surface area contributed by atoms with Crippen LogP contribution in [0.4, 0.5) is 0 Å². The zero-order valence-corrected chi connectivity index (χ0v) is 11.9. The summed E-state index contributed by atoms with van der Waals surface area (Å²) in [4.78, 5) is 17.6. The van der Waals surface area contributed by atoms with Gasteiger partial charge in [-0.2, -0.15) is 0 Å². The van der Waals surface area contributed by atoms with E-state index in [1.165, 1.54) is 0 Å². The Bertz CT molecular complexity index is 327. The number of aliphatic imine (C=N–C) groups is 1. The molecule has 7 heteroatoms. The molecule has 1 aliphatic rings. The van der Waals surface area contributed by atoms with Gasteiger partial charge in [0.25, 0.3) is 0 Å². The molecule has 1 heterocycles. The molecule has 0 aromatic carbocycles. The van der Waals surface area contributed by atoms with E-state index in [1.807, 2.05) is 0 Å². The number of morpholine rings is 1. The number of hydrogen-bond acceptors (Lipinski definition) is 4. The molecule has 1 rings (SSSR count). The second-order valence-electron chi connectivity index (χ2n) is 4.53. The van der Waals surface area contributed by atoms with Crippen molar-refractivity contribution in [3.8, 4) is 0 Å². The highest BCUT2D eigenvalue weighted by molar-refractivity contribution is 5.83. The van der Waals surface area contributed by atoms with Crippen LogP contribution in [-0.4, -0.2) is 69.2 Å². The van der Waals surface area contributed by atoms with Crippen molar-refractivity contribution in [3.05, 3.63) is 12.7 Å². The number of nitrogens with zero attached hydrogens (tertiary/aromatic N) is 2. The largest absolute Gasteiger partial charge is 0.379 e. The summed E-state index contributed by atoms with van der Waals surface area (Å²) >= 11 is 0. The molecule has 7 nitrogen and oxygen atoms in total. The molecule has 1 fully saturated rings. The van der Waals surface area contributed by atoms with E-state index in [-0.39, 0.29) is 12.5 Å².